The van der Waals surface area contributed by atoms with E-state index in [1.54, 1.807) is 6.08 Å². The van der Waals surface area contributed by atoms with Crippen LogP contribution in [0.25, 0.3) is 0 Å². The smallest absolute Gasteiger partial charge is 0.410 e. The van der Waals surface area contributed by atoms with Gasteiger partial charge in [0.05, 0.1) is 0 Å². The largest absolute Gasteiger partial charge is 0.436 e. The number of carbonyl (C=O) groups is 1. The minimum Gasteiger partial charge on any atom is -0.436 e. The third-order valence-corrected chi connectivity index (χ3v) is 1.95. The number of rotatable bonds is 7. The van der Waals surface area contributed by atoms with Gasteiger partial charge in [0, 0.05) is 12.5 Å². The Kier molecular flexibility index (Phi) is 8.00. The third kappa shape index (κ3) is 6.10. The Labute approximate surface area is 97.0 Å². The Bertz CT molecular complexity index is 257. The standard InChI is InChI=1S/C12H19NO3/c1-5-8-10(4)11(15-7-3)13-12(14)16-9-6-2/h2,5,10-11H,1,7-9H2,3-4H3,(H,13,14). The van der Waals surface area contributed by atoms with Gasteiger partial charge in [-0.05, 0) is 13.3 Å². The fourth-order valence-corrected chi connectivity index (χ4v) is 1.18. The van der Waals surface area contributed by atoms with Crippen LogP contribution in [0.15, 0.2) is 12.7 Å². The number of alkyl carbamates (subject to hydrolysis) is 1. The molecule has 90 valence electrons. The maximum absolute atomic E-state index is 11.3. The van der Waals surface area contributed by atoms with Crippen molar-refractivity contribution in [2.45, 2.75) is 26.5 Å². The van der Waals surface area contributed by atoms with Crippen molar-refractivity contribution in [2.75, 3.05) is 13.2 Å². The number of allylic oxidation sites excluding steroid dienone is 1. The molecule has 4 heteroatoms. The number of ether oxygens (including phenoxy) is 2. The van der Waals surface area contributed by atoms with Crippen LogP contribution >= 0.6 is 0 Å². The molecule has 0 aromatic rings. The monoisotopic (exact) mass is 225 g/mol. The van der Waals surface area contributed by atoms with Crippen LogP contribution in [-0.4, -0.2) is 25.5 Å². The number of terminal acetylenes is 1. The van der Waals surface area contributed by atoms with Crippen molar-refractivity contribution in [3.05, 3.63) is 12.7 Å². The summed E-state index contributed by atoms with van der Waals surface area (Å²) in [7, 11) is 0. The number of hydrogen-bond donors (Lipinski definition) is 1. The molecule has 2 unspecified atom stereocenters. The Balaban J connectivity index is 4.15. The molecule has 0 bridgehead atoms. The fourth-order valence-electron chi connectivity index (χ4n) is 1.18. The topological polar surface area (TPSA) is 47.6 Å². The first-order chi connectivity index (χ1) is 7.65. The van der Waals surface area contributed by atoms with Crippen molar-refractivity contribution in [1.82, 2.24) is 5.32 Å². The summed E-state index contributed by atoms with van der Waals surface area (Å²) in [6.07, 6.45) is 6.56. The zero-order chi connectivity index (χ0) is 12.4. The Morgan fingerprint density at radius 1 is 1.69 bits per heavy atom. The zero-order valence-corrected chi connectivity index (χ0v) is 9.86. The van der Waals surface area contributed by atoms with Gasteiger partial charge >= 0.3 is 6.09 Å². The predicted octanol–water partition coefficient (Wildman–Crippen LogP) is 1.92. The minimum absolute atomic E-state index is 0.0412. The van der Waals surface area contributed by atoms with Crippen LogP contribution in [0.2, 0.25) is 0 Å². The van der Waals surface area contributed by atoms with Crippen molar-refractivity contribution < 1.29 is 14.3 Å². The molecule has 0 saturated carbocycles. The first-order valence-electron chi connectivity index (χ1n) is 5.24. The average molecular weight is 225 g/mol. The molecular weight excluding hydrogens is 206 g/mol. The molecule has 0 aliphatic heterocycles. The molecule has 16 heavy (non-hydrogen) atoms. The van der Waals surface area contributed by atoms with Crippen molar-refractivity contribution in [1.29, 1.82) is 0 Å². The predicted molar refractivity (Wildman–Crippen MR) is 62.7 cm³/mol. The second kappa shape index (κ2) is 8.81. The maximum Gasteiger partial charge on any atom is 0.410 e. The molecule has 0 fully saturated rings. The molecule has 1 amide bonds. The molecule has 0 aliphatic rings. The third-order valence-electron chi connectivity index (χ3n) is 1.95. The summed E-state index contributed by atoms with van der Waals surface area (Å²) < 4.78 is 10.1. The van der Waals surface area contributed by atoms with E-state index in [0.29, 0.717) is 6.61 Å². The molecule has 4 nitrogen and oxygen atoms in total. The van der Waals surface area contributed by atoms with Gasteiger partial charge in [-0.15, -0.1) is 13.0 Å². The molecule has 0 saturated heterocycles. The van der Waals surface area contributed by atoms with Gasteiger partial charge in [0.2, 0.25) is 0 Å². The van der Waals surface area contributed by atoms with Crippen molar-refractivity contribution in [2.24, 2.45) is 5.92 Å². The highest BCUT2D eigenvalue weighted by Gasteiger charge is 2.19. The average Bonchev–Trinajstić information content (AvgIpc) is 2.26. The van der Waals surface area contributed by atoms with Crippen LogP contribution in [0.1, 0.15) is 20.3 Å². The van der Waals surface area contributed by atoms with E-state index in [9.17, 15) is 4.79 Å². The molecular formula is C12H19NO3. The van der Waals surface area contributed by atoms with E-state index in [0.717, 1.165) is 6.42 Å². The van der Waals surface area contributed by atoms with Gasteiger partial charge in [-0.3, -0.25) is 5.32 Å². The lowest BCUT2D eigenvalue weighted by atomic mass is 10.1. The normalized spacial score (nSPS) is 13.3. The van der Waals surface area contributed by atoms with E-state index in [1.807, 2.05) is 13.8 Å². The molecule has 0 aliphatic carbocycles. The van der Waals surface area contributed by atoms with E-state index in [1.165, 1.54) is 0 Å². The van der Waals surface area contributed by atoms with Gasteiger partial charge in [-0.1, -0.05) is 18.9 Å². The van der Waals surface area contributed by atoms with Gasteiger partial charge in [-0.25, -0.2) is 4.79 Å². The number of hydrogen-bond acceptors (Lipinski definition) is 3. The molecule has 0 aromatic heterocycles. The van der Waals surface area contributed by atoms with E-state index in [2.05, 4.69) is 17.8 Å². The van der Waals surface area contributed by atoms with E-state index >= 15 is 0 Å². The van der Waals surface area contributed by atoms with E-state index in [-0.39, 0.29) is 18.8 Å². The molecule has 1 N–H and O–H groups in total. The number of amides is 1. The second-order valence-corrected chi connectivity index (χ2v) is 3.30. The van der Waals surface area contributed by atoms with Gasteiger partial charge in [0.1, 0.15) is 6.23 Å². The molecule has 0 aromatic carbocycles. The van der Waals surface area contributed by atoms with Crippen LogP contribution < -0.4 is 5.32 Å². The van der Waals surface area contributed by atoms with Crippen LogP contribution in [0.4, 0.5) is 4.79 Å². The van der Waals surface area contributed by atoms with Gasteiger partial charge in [-0.2, -0.15) is 0 Å². The summed E-state index contributed by atoms with van der Waals surface area (Å²) in [6, 6.07) is 0. The van der Waals surface area contributed by atoms with E-state index in [4.69, 9.17) is 15.9 Å². The number of carbonyl (C=O) groups excluding carboxylic acids is 1. The summed E-state index contributed by atoms with van der Waals surface area (Å²) in [6.45, 7) is 7.95. The summed E-state index contributed by atoms with van der Waals surface area (Å²) >= 11 is 0. The SMILES string of the molecule is C#CCOC(=O)NC(OCC)C(C)CC=C. The highest BCUT2D eigenvalue weighted by Crippen LogP contribution is 2.10. The summed E-state index contributed by atoms with van der Waals surface area (Å²) in [5.41, 5.74) is 0. The highest BCUT2D eigenvalue weighted by molar-refractivity contribution is 5.67. The Morgan fingerprint density at radius 2 is 2.38 bits per heavy atom. The molecule has 2 atom stereocenters. The molecule has 0 spiro atoms. The first-order valence-corrected chi connectivity index (χ1v) is 5.24. The molecule has 0 heterocycles. The fraction of sp³-hybridized carbons (Fsp3) is 0.583. The van der Waals surface area contributed by atoms with Gasteiger partial charge < -0.3 is 9.47 Å². The maximum atomic E-state index is 11.3. The lowest BCUT2D eigenvalue weighted by Crippen LogP contribution is -2.41. The quantitative estimate of drug-likeness (QED) is 0.409. The van der Waals surface area contributed by atoms with Crippen molar-refractivity contribution >= 4 is 6.09 Å². The van der Waals surface area contributed by atoms with Crippen molar-refractivity contribution in [3.8, 4) is 12.3 Å². The highest BCUT2D eigenvalue weighted by atomic mass is 16.6. The Morgan fingerprint density at radius 3 is 2.88 bits per heavy atom. The van der Waals surface area contributed by atoms with Crippen molar-refractivity contribution in [3.63, 3.8) is 0 Å². The zero-order valence-electron chi connectivity index (χ0n) is 9.86. The first kappa shape index (κ1) is 14.5. The van der Waals surface area contributed by atoms with Gasteiger partial charge in [0.25, 0.3) is 0 Å². The minimum atomic E-state index is -0.563. The number of nitrogens with one attached hydrogen (secondary N) is 1. The van der Waals surface area contributed by atoms with Crippen LogP contribution in [0.5, 0.6) is 0 Å². The second-order valence-electron chi connectivity index (χ2n) is 3.30. The van der Waals surface area contributed by atoms with Crippen LogP contribution in [0, 0.1) is 18.3 Å². The lowest BCUT2D eigenvalue weighted by Gasteiger charge is -2.23. The summed E-state index contributed by atoms with van der Waals surface area (Å²) in [5, 5.41) is 2.61. The van der Waals surface area contributed by atoms with Crippen LogP contribution in [0.3, 0.4) is 0 Å². The van der Waals surface area contributed by atoms with E-state index < -0.39 is 6.09 Å². The van der Waals surface area contributed by atoms with Crippen LogP contribution in [-0.2, 0) is 9.47 Å². The van der Waals surface area contributed by atoms with Gasteiger partial charge in [0.15, 0.2) is 6.61 Å². The summed E-state index contributed by atoms with van der Waals surface area (Å²) in [4.78, 5) is 11.3. The lowest BCUT2D eigenvalue weighted by molar-refractivity contribution is 0.00220. The molecule has 0 radical (unpaired) electrons. The summed E-state index contributed by atoms with van der Waals surface area (Å²) in [5.74, 6) is 2.35. The molecule has 0 rings (SSSR count). The Hall–Kier alpha value is -1.47.